The Morgan fingerprint density at radius 3 is 0.772 bits per heavy atom. The summed E-state index contributed by atoms with van der Waals surface area (Å²) in [7, 11) is -9.90. The Morgan fingerprint density at radius 2 is 0.522 bits per heavy atom. The summed E-state index contributed by atoms with van der Waals surface area (Å²) in [5, 5.41) is 10.6. The van der Waals surface area contributed by atoms with E-state index in [1.54, 1.807) is 0 Å². The third kappa shape index (κ3) is 65.4. The van der Waals surface area contributed by atoms with Gasteiger partial charge in [-0.1, -0.05) is 312 Å². The predicted octanol–water partition coefficient (Wildman–Crippen LogP) is 20.9. The van der Waals surface area contributed by atoms with Gasteiger partial charge in [-0.05, 0) is 49.4 Å². The molecule has 0 aromatic heterocycles. The van der Waals surface area contributed by atoms with Crippen molar-refractivity contribution < 1.29 is 80.2 Å². The van der Waals surface area contributed by atoms with Crippen molar-refractivity contribution >= 4 is 39.5 Å². The summed E-state index contributed by atoms with van der Waals surface area (Å²) >= 11 is 0. The van der Waals surface area contributed by atoms with Crippen molar-refractivity contribution in [3.05, 3.63) is 0 Å². The normalized spacial score (nSPS) is 14.5. The highest BCUT2D eigenvalue weighted by Gasteiger charge is 2.30. The zero-order chi connectivity index (χ0) is 68.2. The molecule has 17 nitrogen and oxygen atoms in total. The summed E-state index contributed by atoms with van der Waals surface area (Å²) in [4.78, 5) is 72.6. The van der Waals surface area contributed by atoms with Crippen LogP contribution in [0.5, 0.6) is 0 Å². The van der Waals surface area contributed by atoms with E-state index in [1.807, 2.05) is 0 Å². The number of aliphatic hydroxyl groups is 1. The molecule has 0 amide bonds. The van der Waals surface area contributed by atoms with Crippen molar-refractivity contribution in [1.82, 2.24) is 0 Å². The second-order valence-electron chi connectivity index (χ2n) is 28.0. The summed E-state index contributed by atoms with van der Waals surface area (Å²) < 4.78 is 68.3. The van der Waals surface area contributed by atoms with Gasteiger partial charge in [-0.25, -0.2) is 9.13 Å². The Labute approximate surface area is 562 Å². The third-order valence-corrected chi connectivity index (χ3v) is 19.1. The number of aliphatic hydroxyl groups excluding tert-OH is 1. The highest BCUT2D eigenvalue weighted by molar-refractivity contribution is 7.47. The van der Waals surface area contributed by atoms with Crippen molar-refractivity contribution in [3.8, 4) is 0 Å². The molecule has 546 valence electrons. The van der Waals surface area contributed by atoms with Gasteiger partial charge in [-0.3, -0.25) is 37.3 Å². The van der Waals surface area contributed by atoms with Crippen molar-refractivity contribution in [2.24, 2.45) is 23.7 Å². The lowest BCUT2D eigenvalue weighted by molar-refractivity contribution is -0.161. The van der Waals surface area contributed by atoms with E-state index in [4.69, 9.17) is 37.0 Å². The van der Waals surface area contributed by atoms with E-state index in [-0.39, 0.29) is 25.7 Å². The molecule has 0 heterocycles. The molecule has 0 saturated heterocycles. The van der Waals surface area contributed by atoms with Gasteiger partial charge in [0.1, 0.15) is 19.3 Å². The third-order valence-electron chi connectivity index (χ3n) is 17.2. The average Bonchev–Trinajstić information content (AvgIpc) is 2.40. The molecule has 0 aliphatic heterocycles. The number of carbonyl (C=O) groups is 4. The summed E-state index contributed by atoms with van der Waals surface area (Å²) in [6.07, 6.45) is 46.2. The lowest BCUT2D eigenvalue weighted by atomic mass is 10.00. The fraction of sp³-hybridized carbons (Fsp3) is 0.945. The minimum absolute atomic E-state index is 0.102. The van der Waals surface area contributed by atoms with E-state index in [0.717, 1.165) is 108 Å². The maximum Gasteiger partial charge on any atom is 0.472 e. The zero-order valence-corrected chi connectivity index (χ0v) is 62.0. The van der Waals surface area contributed by atoms with Crippen LogP contribution in [0.2, 0.25) is 0 Å². The molecule has 0 aliphatic rings. The molecule has 0 aliphatic carbocycles. The van der Waals surface area contributed by atoms with Crippen LogP contribution in [0.4, 0.5) is 0 Å². The first-order valence-electron chi connectivity index (χ1n) is 37.7. The molecule has 0 saturated carbocycles. The molecular formula is C73H142O17P2. The highest BCUT2D eigenvalue weighted by Crippen LogP contribution is 2.45. The van der Waals surface area contributed by atoms with Crippen molar-refractivity contribution in [1.29, 1.82) is 0 Å². The van der Waals surface area contributed by atoms with Gasteiger partial charge in [0.15, 0.2) is 12.2 Å². The number of phosphoric ester groups is 2. The summed E-state index contributed by atoms with van der Waals surface area (Å²) in [6, 6.07) is 0. The molecule has 3 N–H and O–H groups in total. The van der Waals surface area contributed by atoms with E-state index >= 15 is 0 Å². The Bertz CT molecular complexity index is 1820. The first-order valence-corrected chi connectivity index (χ1v) is 40.7. The van der Waals surface area contributed by atoms with Crippen molar-refractivity contribution in [3.63, 3.8) is 0 Å². The van der Waals surface area contributed by atoms with Crippen LogP contribution in [0.1, 0.15) is 364 Å². The van der Waals surface area contributed by atoms with Crippen LogP contribution >= 0.6 is 15.6 Å². The Kier molecular flexibility index (Phi) is 61.3. The van der Waals surface area contributed by atoms with Crippen LogP contribution < -0.4 is 0 Å². The van der Waals surface area contributed by atoms with Gasteiger partial charge in [0.2, 0.25) is 0 Å². The monoisotopic (exact) mass is 1350 g/mol. The Balaban J connectivity index is 5.13. The lowest BCUT2D eigenvalue weighted by Gasteiger charge is -2.21. The second-order valence-corrected chi connectivity index (χ2v) is 30.9. The first kappa shape index (κ1) is 90.1. The number of carbonyl (C=O) groups excluding carboxylic acids is 4. The molecule has 92 heavy (non-hydrogen) atoms. The van der Waals surface area contributed by atoms with Gasteiger partial charge in [0.05, 0.1) is 26.4 Å². The Hall–Kier alpha value is -1.94. The van der Waals surface area contributed by atoms with Gasteiger partial charge in [0, 0.05) is 25.7 Å². The standard InChI is InChI=1S/C73H142O17P2/c1-9-66(8)52-44-36-31-32-40-48-56-73(78)90-69(60-84-71(76)54-46-38-29-23-22-26-34-42-50-64(4)5)62-88-92(81,82)86-58-67(74)57-85-91(79,80)87-61-68(89-72(77)55-47-39-30-24-27-35-43-51-65(6)7)59-83-70(75)53-45-37-28-21-19-17-15-13-11-10-12-14-16-18-20-25-33-41-49-63(2)3/h63-69,74H,9-62H2,1-8H3,(H,79,80)(H,81,82)/t66?,67?,68-,69-/m1/s1. The first-order chi connectivity index (χ1) is 44.1. The van der Waals surface area contributed by atoms with E-state index in [0.29, 0.717) is 31.6 Å². The quantitative estimate of drug-likeness (QED) is 0.0222. The summed E-state index contributed by atoms with van der Waals surface area (Å²) in [6.45, 7) is 14.1. The number of phosphoric acid groups is 2. The number of hydrogen-bond acceptors (Lipinski definition) is 15. The molecule has 0 spiro atoms. The minimum atomic E-state index is -4.95. The van der Waals surface area contributed by atoms with Crippen LogP contribution in [0.15, 0.2) is 0 Å². The van der Waals surface area contributed by atoms with Crippen molar-refractivity contribution in [2.45, 2.75) is 382 Å². The largest absolute Gasteiger partial charge is 0.472 e. The van der Waals surface area contributed by atoms with E-state index in [2.05, 4.69) is 55.4 Å². The topological polar surface area (TPSA) is 237 Å². The SMILES string of the molecule is CCC(C)CCCCCCCCC(=O)O[C@H](COC(=O)CCCCCCCCCCC(C)C)COP(=O)(O)OCC(O)COP(=O)(O)OC[C@@H](COC(=O)CCCCCCCCCCCCCCCCCCCCC(C)C)OC(=O)CCCCCCCCCC(C)C. The summed E-state index contributed by atoms with van der Waals surface area (Å²) in [5.74, 6) is 0.833. The highest BCUT2D eigenvalue weighted by atomic mass is 31.2. The molecule has 4 unspecified atom stereocenters. The number of hydrogen-bond donors (Lipinski definition) is 3. The number of unbranched alkanes of at least 4 members (excludes halogenated alkanes) is 35. The Morgan fingerprint density at radius 1 is 0.304 bits per heavy atom. The molecule has 0 fully saturated rings. The minimum Gasteiger partial charge on any atom is -0.462 e. The van der Waals surface area contributed by atoms with Gasteiger partial charge in [-0.15, -0.1) is 0 Å². The van der Waals surface area contributed by atoms with Crippen LogP contribution in [0, 0.1) is 23.7 Å². The van der Waals surface area contributed by atoms with Crippen LogP contribution in [-0.2, 0) is 65.4 Å². The van der Waals surface area contributed by atoms with E-state index < -0.39 is 97.5 Å². The van der Waals surface area contributed by atoms with Gasteiger partial charge in [0.25, 0.3) is 0 Å². The molecule has 6 atom stereocenters. The fourth-order valence-corrected chi connectivity index (χ4v) is 12.6. The van der Waals surface area contributed by atoms with E-state index in [9.17, 15) is 43.2 Å². The molecule has 19 heteroatoms. The van der Waals surface area contributed by atoms with Crippen molar-refractivity contribution in [2.75, 3.05) is 39.6 Å². The zero-order valence-electron chi connectivity index (χ0n) is 60.2. The molecule has 0 aromatic rings. The fourth-order valence-electron chi connectivity index (χ4n) is 11.0. The maximum atomic E-state index is 13.0. The molecule has 0 radical (unpaired) electrons. The van der Waals surface area contributed by atoms with Gasteiger partial charge in [-0.2, -0.15) is 0 Å². The number of ether oxygens (including phenoxy) is 4. The predicted molar refractivity (Wildman–Crippen MR) is 372 cm³/mol. The molecule has 0 aromatic carbocycles. The number of rotatable bonds is 70. The molecule has 0 rings (SSSR count). The second kappa shape index (κ2) is 62.6. The number of esters is 4. The van der Waals surface area contributed by atoms with Crippen LogP contribution in [0.3, 0.4) is 0 Å². The maximum absolute atomic E-state index is 13.0. The van der Waals surface area contributed by atoms with Crippen LogP contribution in [-0.4, -0.2) is 96.7 Å². The smallest absolute Gasteiger partial charge is 0.462 e. The molecule has 0 bridgehead atoms. The molecular weight excluding hydrogens is 1210 g/mol. The van der Waals surface area contributed by atoms with Gasteiger partial charge < -0.3 is 33.8 Å². The van der Waals surface area contributed by atoms with Crippen LogP contribution in [0.25, 0.3) is 0 Å². The van der Waals surface area contributed by atoms with E-state index in [1.165, 1.54) is 167 Å². The summed E-state index contributed by atoms with van der Waals surface area (Å²) in [5.41, 5.74) is 0. The van der Waals surface area contributed by atoms with Gasteiger partial charge >= 0.3 is 39.5 Å². The average molecular weight is 1350 g/mol. The lowest BCUT2D eigenvalue weighted by Crippen LogP contribution is -2.30.